The molecule has 1 aromatic rings. The van der Waals surface area contributed by atoms with Gasteiger partial charge in [0.2, 0.25) is 0 Å². The van der Waals surface area contributed by atoms with Crippen LogP contribution in [-0.2, 0) is 9.53 Å². The van der Waals surface area contributed by atoms with Gasteiger partial charge in [-0.1, -0.05) is 19.1 Å². The third-order valence-corrected chi connectivity index (χ3v) is 3.32. The second-order valence-corrected chi connectivity index (χ2v) is 5.14. The average molecular weight is 308 g/mol. The van der Waals surface area contributed by atoms with Crippen LogP contribution in [0.15, 0.2) is 35.6 Å². The predicted molar refractivity (Wildman–Crippen MR) is 83.9 cm³/mol. The molecular formula is C18H16N2O3. The van der Waals surface area contributed by atoms with Crippen molar-refractivity contribution in [3.8, 4) is 17.9 Å². The van der Waals surface area contributed by atoms with Gasteiger partial charge in [0, 0.05) is 17.6 Å². The average Bonchev–Trinajstić information content (AvgIpc) is 2.53. The van der Waals surface area contributed by atoms with Gasteiger partial charge in [-0.25, -0.2) is 0 Å². The smallest absolute Gasteiger partial charge is 0.306 e. The van der Waals surface area contributed by atoms with Crippen LogP contribution in [0.1, 0.15) is 30.9 Å². The maximum absolute atomic E-state index is 11.6. The number of nitriles is 2. The molecular weight excluding hydrogens is 292 g/mol. The SMILES string of the molecule is CCCC(=O)OCC1=CC(=C(C#N)C#N)Oc2cc(C)ccc21. The van der Waals surface area contributed by atoms with Gasteiger partial charge in [-0.2, -0.15) is 10.5 Å². The number of benzene rings is 1. The quantitative estimate of drug-likeness (QED) is 0.628. The number of hydrogen-bond donors (Lipinski definition) is 0. The van der Waals surface area contributed by atoms with Crippen molar-refractivity contribution in [3.05, 3.63) is 46.7 Å². The molecule has 0 spiro atoms. The molecule has 0 amide bonds. The van der Waals surface area contributed by atoms with Gasteiger partial charge < -0.3 is 9.47 Å². The minimum atomic E-state index is -0.278. The van der Waals surface area contributed by atoms with Crippen molar-refractivity contribution in [1.29, 1.82) is 10.5 Å². The first kappa shape index (κ1) is 16.3. The molecule has 1 aromatic carbocycles. The van der Waals surface area contributed by atoms with Gasteiger partial charge in [0.05, 0.1) is 0 Å². The number of carbonyl (C=O) groups excluding carboxylic acids is 1. The van der Waals surface area contributed by atoms with Crippen LogP contribution in [0.2, 0.25) is 0 Å². The minimum Gasteiger partial charge on any atom is -0.461 e. The van der Waals surface area contributed by atoms with Crippen LogP contribution >= 0.6 is 0 Å². The summed E-state index contributed by atoms with van der Waals surface area (Å²) < 4.78 is 10.9. The number of carbonyl (C=O) groups is 1. The molecule has 1 aliphatic rings. The third kappa shape index (κ3) is 3.78. The number of aryl methyl sites for hydroxylation is 1. The lowest BCUT2D eigenvalue weighted by Gasteiger charge is -2.20. The molecule has 23 heavy (non-hydrogen) atoms. The topological polar surface area (TPSA) is 83.1 Å². The number of allylic oxidation sites excluding steroid dienone is 2. The van der Waals surface area contributed by atoms with Crippen LogP contribution in [0.5, 0.6) is 5.75 Å². The lowest BCUT2D eigenvalue weighted by molar-refractivity contribution is -0.142. The maximum Gasteiger partial charge on any atom is 0.306 e. The Hall–Kier alpha value is -3.05. The zero-order valence-electron chi connectivity index (χ0n) is 13.0. The molecule has 0 atom stereocenters. The fourth-order valence-electron chi connectivity index (χ4n) is 2.18. The molecule has 0 bridgehead atoms. The van der Waals surface area contributed by atoms with Crippen molar-refractivity contribution in [2.75, 3.05) is 6.61 Å². The zero-order valence-corrected chi connectivity index (χ0v) is 13.0. The molecule has 0 saturated carbocycles. The number of esters is 1. The molecule has 0 radical (unpaired) electrons. The van der Waals surface area contributed by atoms with E-state index in [1.165, 1.54) is 0 Å². The van der Waals surface area contributed by atoms with Gasteiger partial charge in [-0.3, -0.25) is 4.79 Å². The first-order valence-corrected chi connectivity index (χ1v) is 7.28. The molecule has 1 heterocycles. The van der Waals surface area contributed by atoms with Crippen LogP contribution in [0, 0.1) is 29.6 Å². The highest BCUT2D eigenvalue weighted by Crippen LogP contribution is 2.35. The Labute approximate surface area is 135 Å². The van der Waals surface area contributed by atoms with E-state index in [1.807, 2.05) is 44.2 Å². The monoisotopic (exact) mass is 308 g/mol. The van der Waals surface area contributed by atoms with Gasteiger partial charge in [-0.05, 0) is 31.1 Å². The number of rotatable bonds is 4. The molecule has 116 valence electrons. The Morgan fingerprint density at radius 1 is 1.30 bits per heavy atom. The molecule has 0 unspecified atom stereocenters. The molecule has 0 aromatic heterocycles. The second-order valence-electron chi connectivity index (χ2n) is 5.14. The summed E-state index contributed by atoms with van der Waals surface area (Å²) >= 11 is 0. The van der Waals surface area contributed by atoms with Crippen molar-refractivity contribution < 1.29 is 14.3 Å². The van der Waals surface area contributed by atoms with E-state index in [2.05, 4.69) is 0 Å². The van der Waals surface area contributed by atoms with E-state index >= 15 is 0 Å². The van der Waals surface area contributed by atoms with Crippen molar-refractivity contribution in [2.45, 2.75) is 26.7 Å². The molecule has 0 fully saturated rings. The number of nitrogens with zero attached hydrogens (tertiary/aromatic N) is 2. The third-order valence-electron chi connectivity index (χ3n) is 3.32. The molecule has 5 heteroatoms. The molecule has 0 saturated heterocycles. The first-order valence-electron chi connectivity index (χ1n) is 7.28. The van der Waals surface area contributed by atoms with Gasteiger partial charge in [-0.15, -0.1) is 0 Å². The minimum absolute atomic E-state index is 0.0753. The number of ether oxygens (including phenoxy) is 2. The van der Waals surface area contributed by atoms with Crippen LogP contribution in [-0.4, -0.2) is 12.6 Å². The molecule has 5 nitrogen and oxygen atoms in total. The van der Waals surface area contributed by atoms with Gasteiger partial charge >= 0.3 is 5.97 Å². The zero-order chi connectivity index (χ0) is 16.8. The predicted octanol–water partition coefficient (Wildman–Crippen LogP) is 3.42. The van der Waals surface area contributed by atoms with E-state index in [4.69, 9.17) is 20.0 Å². The second kappa shape index (κ2) is 7.29. The Bertz CT molecular complexity index is 760. The van der Waals surface area contributed by atoms with Crippen molar-refractivity contribution in [1.82, 2.24) is 0 Å². The molecule has 2 rings (SSSR count). The van der Waals surface area contributed by atoms with E-state index in [0.29, 0.717) is 17.7 Å². The van der Waals surface area contributed by atoms with E-state index < -0.39 is 0 Å². The molecule has 0 N–H and O–H groups in total. The summed E-state index contributed by atoms with van der Waals surface area (Å²) in [6.07, 6.45) is 2.66. The van der Waals surface area contributed by atoms with E-state index in [-0.39, 0.29) is 23.9 Å². The van der Waals surface area contributed by atoms with Gasteiger partial charge in [0.1, 0.15) is 24.5 Å². The fraction of sp³-hybridized carbons (Fsp3) is 0.278. The van der Waals surface area contributed by atoms with Crippen LogP contribution < -0.4 is 4.74 Å². The largest absolute Gasteiger partial charge is 0.461 e. The maximum atomic E-state index is 11.6. The van der Waals surface area contributed by atoms with E-state index in [9.17, 15) is 4.79 Å². The van der Waals surface area contributed by atoms with Crippen molar-refractivity contribution >= 4 is 11.5 Å². The summed E-state index contributed by atoms with van der Waals surface area (Å²) in [7, 11) is 0. The molecule has 1 aliphatic heterocycles. The van der Waals surface area contributed by atoms with E-state index in [1.54, 1.807) is 6.08 Å². The summed E-state index contributed by atoms with van der Waals surface area (Å²) in [5, 5.41) is 18.1. The normalized spacial score (nSPS) is 12.2. The van der Waals surface area contributed by atoms with Crippen molar-refractivity contribution in [2.24, 2.45) is 0 Å². The fourth-order valence-corrected chi connectivity index (χ4v) is 2.18. The van der Waals surface area contributed by atoms with Crippen molar-refractivity contribution in [3.63, 3.8) is 0 Å². The van der Waals surface area contributed by atoms with Gasteiger partial charge in [0.15, 0.2) is 11.3 Å². The Morgan fingerprint density at radius 3 is 2.70 bits per heavy atom. The highest BCUT2D eigenvalue weighted by atomic mass is 16.5. The summed E-state index contributed by atoms with van der Waals surface area (Å²) in [5.41, 5.74) is 2.37. The highest BCUT2D eigenvalue weighted by molar-refractivity contribution is 5.78. The number of fused-ring (bicyclic) bond motifs is 1. The lowest BCUT2D eigenvalue weighted by Crippen LogP contribution is -2.12. The van der Waals surface area contributed by atoms with Crippen LogP contribution in [0.25, 0.3) is 5.57 Å². The highest BCUT2D eigenvalue weighted by Gasteiger charge is 2.21. The van der Waals surface area contributed by atoms with Gasteiger partial charge in [0.25, 0.3) is 0 Å². The standard InChI is InChI=1S/C18H16N2O3/c1-3-4-18(21)22-11-13-8-16(14(9-19)10-20)23-17-7-12(2)5-6-15(13)17/h5-8H,3-4,11H2,1-2H3. The van der Waals surface area contributed by atoms with E-state index in [0.717, 1.165) is 17.5 Å². The Morgan fingerprint density at radius 2 is 2.04 bits per heavy atom. The summed E-state index contributed by atoms with van der Waals surface area (Å²) in [6.45, 7) is 3.90. The van der Waals surface area contributed by atoms with Crippen LogP contribution in [0.3, 0.4) is 0 Å². The summed E-state index contributed by atoms with van der Waals surface area (Å²) in [6, 6.07) is 9.25. The first-order chi connectivity index (χ1) is 11.1. The Kier molecular flexibility index (Phi) is 5.17. The Balaban J connectivity index is 2.39. The summed E-state index contributed by atoms with van der Waals surface area (Å²) in [5.74, 6) is 0.446. The van der Waals surface area contributed by atoms with Crippen LogP contribution in [0.4, 0.5) is 0 Å². The lowest BCUT2D eigenvalue weighted by atomic mass is 9.99. The number of hydrogen-bond acceptors (Lipinski definition) is 5. The molecule has 0 aliphatic carbocycles. The summed E-state index contributed by atoms with van der Waals surface area (Å²) in [4.78, 5) is 11.6.